The van der Waals surface area contributed by atoms with E-state index in [9.17, 15) is 20.4 Å². The summed E-state index contributed by atoms with van der Waals surface area (Å²) in [6.45, 7) is 3.45. The number of imidazole rings is 1. The maximum atomic E-state index is 10.4. The third-order valence-corrected chi connectivity index (χ3v) is 5.07. The minimum absolute atomic E-state index is 0.0443. The zero-order valence-corrected chi connectivity index (χ0v) is 17.6. The van der Waals surface area contributed by atoms with Crippen molar-refractivity contribution in [2.24, 2.45) is 0 Å². The van der Waals surface area contributed by atoms with Crippen LogP contribution in [-0.4, -0.2) is 70.9 Å². The first-order valence-electron chi connectivity index (χ1n) is 10.3. The van der Waals surface area contributed by atoms with Crippen molar-refractivity contribution in [3.63, 3.8) is 0 Å². The highest BCUT2D eigenvalue weighted by Crippen LogP contribution is 2.32. The molecular weight excluding hydrogens is 414 g/mol. The third-order valence-electron chi connectivity index (χ3n) is 5.07. The van der Waals surface area contributed by atoms with Crippen molar-refractivity contribution in [1.82, 2.24) is 19.5 Å². The fourth-order valence-corrected chi connectivity index (χ4v) is 3.49. The summed E-state index contributed by atoms with van der Waals surface area (Å²) in [4.78, 5) is 13.2. The molecule has 32 heavy (non-hydrogen) atoms. The number of aliphatic hydroxyl groups is 4. The third kappa shape index (κ3) is 4.29. The minimum Gasteiger partial charge on any atom is -0.394 e. The molecule has 0 bridgehead atoms. The zero-order valence-electron chi connectivity index (χ0n) is 17.6. The number of benzene rings is 1. The Bertz CT molecular complexity index is 1140. The van der Waals surface area contributed by atoms with Gasteiger partial charge in [-0.25, -0.2) is 15.0 Å². The van der Waals surface area contributed by atoms with Gasteiger partial charge in [-0.3, -0.25) is 4.57 Å². The molecule has 0 saturated carbocycles. The molecule has 0 aliphatic carbocycles. The van der Waals surface area contributed by atoms with Crippen LogP contribution in [0.3, 0.4) is 0 Å². The average molecular weight is 439 g/mol. The Labute approximate surface area is 184 Å². The summed E-state index contributed by atoms with van der Waals surface area (Å²) in [5.74, 6) is 6.12. The molecule has 1 aliphatic rings. The highest BCUT2D eigenvalue weighted by Gasteiger charge is 2.44. The molecule has 2 aromatic heterocycles. The molecule has 1 fully saturated rings. The number of rotatable bonds is 5. The van der Waals surface area contributed by atoms with E-state index in [1.54, 1.807) is 12.1 Å². The minimum atomic E-state index is -1.28. The number of nitrogens with one attached hydrogen (secondary N) is 1. The zero-order chi connectivity index (χ0) is 22.8. The van der Waals surface area contributed by atoms with Crippen LogP contribution < -0.4 is 5.32 Å². The molecule has 1 aliphatic heterocycles. The van der Waals surface area contributed by atoms with Gasteiger partial charge in [-0.05, 0) is 25.3 Å². The first-order valence-corrected chi connectivity index (χ1v) is 10.3. The smallest absolute Gasteiger partial charge is 0.209 e. The molecule has 1 saturated heterocycles. The van der Waals surface area contributed by atoms with E-state index in [0.717, 1.165) is 0 Å². The maximum absolute atomic E-state index is 10.4. The first kappa shape index (κ1) is 22.1. The second-order valence-electron chi connectivity index (χ2n) is 7.83. The van der Waals surface area contributed by atoms with Gasteiger partial charge in [0.1, 0.15) is 24.4 Å². The molecule has 0 unspecified atom stereocenters. The van der Waals surface area contributed by atoms with Gasteiger partial charge in [-0.15, -0.1) is 0 Å². The molecule has 10 heteroatoms. The molecule has 3 heterocycles. The Balaban J connectivity index is 1.75. The number of fused-ring (bicyclic) bond motifs is 1. The van der Waals surface area contributed by atoms with E-state index in [0.29, 0.717) is 22.5 Å². The van der Waals surface area contributed by atoms with E-state index in [1.807, 2.05) is 32.0 Å². The molecule has 10 nitrogen and oxygen atoms in total. The Morgan fingerprint density at radius 1 is 1.16 bits per heavy atom. The first-order chi connectivity index (χ1) is 15.4. The average Bonchev–Trinajstić information content (AvgIpc) is 3.33. The Hall–Kier alpha value is -3.07. The van der Waals surface area contributed by atoms with E-state index in [2.05, 4.69) is 32.1 Å². The number of anilines is 1. The molecule has 168 valence electrons. The Morgan fingerprint density at radius 2 is 1.91 bits per heavy atom. The van der Waals surface area contributed by atoms with E-state index < -0.39 is 37.3 Å². The topological polar surface area (TPSA) is 146 Å². The lowest BCUT2D eigenvalue weighted by Crippen LogP contribution is -2.33. The number of hydrogen-bond acceptors (Lipinski definition) is 9. The van der Waals surface area contributed by atoms with Crippen LogP contribution in [0.4, 0.5) is 5.82 Å². The van der Waals surface area contributed by atoms with Crippen LogP contribution in [-0.2, 0) is 4.74 Å². The van der Waals surface area contributed by atoms with E-state index >= 15 is 0 Å². The van der Waals surface area contributed by atoms with Gasteiger partial charge in [0.2, 0.25) is 5.82 Å². The van der Waals surface area contributed by atoms with Crippen LogP contribution in [0.2, 0.25) is 0 Å². The number of nitrogens with zero attached hydrogens (tertiary/aromatic N) is 4. The summed E-state index contributed by atoms with van der Waals surface area (Å²) < 4.78 is 7.10. The SMILES string of the molecule is CC(C)Nc1nc(C#C[C@H](O)c2ccccc2)nc2c1ncn2[C@@H]1O[C@H](CO)[C@@H](O)[C@H]1O. The fraction of sp³-hybridized carbons (Fsp3) is 0.409. The van der Waals surface area contributed by atoms with Crippen LogP contribution in [0.15, 0.2) is 36.7 Å². The lowest BCUT2D eigenvalue weighted by atomic mass is 10.1. The Morgan fingerprint density at radius 3 is 2.56 bits per heavy atom. The van der Waals surface area contributed by atoms with Crippen LogP contribution >= 0.6 is 0 Å². The summed E-state index contributed by atoms with van der Waals surface area (Å²) in [6, 6.07) is 9.06. The van der Waals surface area contributed by atoms with E-state index in [-0.39, 0.29) is 11.9 Å². The monoisotopic (exact) mass is 439 g/mol. The predicted molar refractivity (Wildman–Crippen MR) is 115 cm³/mol. The van der Waals surface area contributed by atoms with Crippen molar-refractivity contribution in [2.75, 3.05) is 11.9 Å². The van der Waals surface area contributed by atoms with Gasteiger partial charge in [0, 0.05) is 6.04 Å². The summed E-state index contributed by atoms with van der Waals surface area (Å²) in [6.07, 6.45) is -4.04. The van der Waals surface area contributed by atoms with Crippen molar-refractivity contribution >= 4 is 17.0 Å². The lowest BCUT2D eigenvalue weighted by molar-refractivity contribution is -0.0511. The lowest BCUT2D eigenvalue weighted by Gasteiger charge is -2.17. The van der Waals surface area contributed by atoms with Crippen molar-refractivity contribution in [3.8, 4) is 11.8 Å². The fourth-order valence-electron chi connectivity index (χ4n) is 3.49. The van der Waals surface area contributed by atoms with Crippen LogP contribution in [0.5, 0.6) is 0 Å². The highest BCUT2D eigenvalue weighted by molar-refractivity contribution is 5.83. The van der Waals surface area contributed by atoms with Crippen LogP contribution in [0.1, 0.15) is 37.6 Å². The van der Waals surface area contributed by atoms with Gasteiger partial charge in [-0.1, -0.05) is 36.3 Å². The molecule has 0 spiro atoms. The Kier molecular flexibility index (Phi) is 6.36. The molecule has 5 atom stereocenters. The highest BCUT2D eigenvalue weighted by atomic mass is 16.6. The molecular formula is C22H25N5O5. The van der Waals surface area contributed by atoms with Crippen molar-refractivity contribution in [2.45, 2.75) is 50.5 Å². The van der Waals surface area contributed by atoms with Crippen molar-refractivity contribution in [3.05, 3.63) is 48.0 Å². The largest absolute Gasteiger partial charge is 0.394 e. The standard InChI is InChI=1S/C22H25N5O5/c1-12(2)24-20-17-21(27(11-23-17)22-19(31)18(30)15(10-28)32-22)26-16(25-20)9-8-14(29)13-6-4-3-5-7-13/h3-7,11-12,14-15,18-19,22,28-31H,10H2,1-2H3,(H,24,25,26)/t14-,15+,18+,19+,22+/m0/s1. The van der Waals surface area contributed by atoms with Gasteiger partial charge in [-0.2, -0.15) is 0 Å². The van der Waals surface area contributed by atoms with Crippen LogP contribution in [0.25, 0.3) is 11.2 Å². The van der Waals surface area contributed by atoms with Gasteiger partial charge in [0.15, 0.2) is 23.2 Å². The number of aliphatic hydroxyl groups excluding tert-OH is 4. The summed E-state index contributed by atoms with van der Waals surface area (Å²) in [7, 11) is 0. The normalized spacial score (nSPS) is 23.8. The van der Waals surface area contributed by atoms with Gasteiger partial charge >= 0.3 is 0 Å². The summed E-state index contributed by atoms with van der Waals surface area (Å²) in [5, 5.41) is 43.5. The summed E-state index contributed by atoms with van der Waals surface area (Å²) >= 11 is 0. The molecule has 1 aromatic carbocycles. The van der Waals surface area contributed by atoms with Crippen molar-refractivity contribution in [1.29, 1.82) is 0 Å². The van der Waals surface area contributed by atoms with E-state index in [4.69, 9.17) is 4.74 Å². The molecule has 0 amide bonds. The second-order valence-corrected chi connectivity index (χ2v) is 7.83. The van der Waals surface area contributed by atoms with Gasteiger partial charge in [0.25, 0.3) is 0 Å². The molecule has 0 radical (unpaired) electrons. The maximum Gasteiger partial charge on any atom is 0.209 e. The summed E-state index contributed by atoms with van der Waals surface area (Å²) in [5.41, 5.74) is 1.42. The number of aromatic nitrogens is 4. The number of ether oxygens (including phenoxy) is 1. The van der Waals surface area contributed by atoms with Crippen LogP contribution in [0, 0.1) is 11.8 Å². The number of hydrogen-bond donors (Lipinski definition) is 5. The quantitative estimate of drug-likeness (QED) is 0.355. The van der Waals surface area contributed by atoms with Crippen molar-refractivity contribution < 1.29 is 25.2 Å². The molecule has 4 rings (SSSR count). The van der Waals surface area contributed by atoms with Gasteiger partial charge < -0.3 is 30.5 Å². The molecule has 5 N–H and O–H groups in total. The second kappa shape index (κ2) is 9.20. The molecule has 3 aromatic rings. The predicted octanol–water partition coefficient (Wildman–Crippen LogP) is 0.343. The van der Waals surface area contributed by atoms with E-state index in [1.165, 1.54) is 10.9 Å². The van der Waals surface area contributed by atoms with Gasteiger partial charge in [0.05, 0.1) is 12.9 Å².